The molecule has 4 rings (SSSR count). The van der Waals surface area contributed by atoms with Gasteiger partial charge in [0.15, 0.2) is 5.13 Å². The lowest BCUT2D eigenvalue weighted by Crippen LogP contribution is -2.17. The zero-order valence-electron chi connectivity index (χ0n) is 18.6. The third-order valence-corrected chi connectivity index (χ3v) is 8.58. The number of amides is 1. The predicted molar refractivity (Wildman–Crippen MR) is 132 cm³/mol. The topological polar surface area (TPSA) is 118 Å². The van der Waals surface area contributed by atoms with E-state index in [1.165, 1.54) is 0 Å². The second-order valence-corrected chi connectivity index (χ2v) is 11.7. The summed E-state index contributed by atoms with van der Waals surface area (Å²) in [6, 6.07) is 9.31. The van der Waals surface area contributed by atoms with Crippen LogP contribution in [0.25, 0.3) is 0 Å². The van der Waals surface area contributed by atoms with Crippen molar-refractivity contribution in [2.45, 2.75) is 50.3 Å². The number of nitrogens with one attached hydrogen (secondary N) is 1. The number of anilines is 1. The number of thiol groups is 1. The zero-order valence-corrected chi connectivity index (χ0v) is 21.0. The molecule has 0 saturated heterocycles. The molecule has 1 aliphatic carbocycles. The van der Waals surface area contributed by atoms with Crippen LogP contribution >= 0.6 is 22.9 Å². The molecule has 11 heteroatoms. The highest BCUT2D eigenvalue weighted by Gasteiger charge is 2.48. The number of carbonyl (C=O) groups excluding carboxylic acids is 1. The van der Waals surface area contributed by atoms with E-state index in [9.17, 15) is 18.0 Å². The second kappa shape index (κ2) is 9.52. The maximum Gasteiger partial charge on any atom is 0.309 e. The van der Waals surface area contributed by atoms with Crippen molar-refractivity contribution >= 4 is 50.6 Å². The molecule has 0 atom stereocenters. The van der Waals surface area contributed by atoms with Crippen LogP contribution in [0.4, 0.5) is 5.13 Å². The average molecular weight is 522 g/mol. The van der Waals surface area contributed by atoms with Crippen molar-refractivity contribution < 1.29 is 23.1 Å². The number of benzene rings is 1. The van der Waals surface area contributed by atoms with Gasteiger partial charge in [-0.25, -0.2) is 13.4 Å². The van der Waals surface area contributed by atoms with Gasteiger partial charge in [-0.15, -0.1) is 0 Å². The number of carboxylic acid groups (broad SMARTS) is 1. The smallest absolute Gasteiger partial charge is 0.309 e. The lowest BCUT2D eigenvalue weighted by Gasteiger charge is -2.11. The Morgan fingerprint density at radius 3 is 2.50 bits per heavy atom. The Morgan fingerprint density at radius 2 is 1.94 bits per heavy atom. The van der Waals surface area contributed by atoms with Gasteiger partial charge in [-0.1, -0.05) is 61.1 Å². The molecule has 2 N–H and O–H groups in total. The van der Waals surface area contributed by atoms with Crippen LogP contribution in [0.1, 0.15) is 65.5 Å². The van der Waals surface area contributed by atoms with E-state index in [-0.39, 0.29) is 33.4 Å². The third-order valence-electron chi connectivity index (χ3n) is 5.92. The minimum atomic E-state index is -2.52. The Kier molecular flexibility index (Phi) is 6.84. The Labute approximate surface area is 207 Å². The molecule has 1 saturated carbocycles. The minimum absolute atomic E-state index is 0.203. The van der Waals surface area contributed by atoms with Gasteiger partial charge in [0, 0.05) is 12.7 Å². The summed E-state index contributed by atoms with van der Waals surface area (Å²) >= 11 is 7.08. The third kappa shape index (κ3) is 5.03. The van der Waals surface area contributed by atoms with E-state index in [1.54, 1.807) is 0 Å². The van der Waals surface area contributed by atoms with Gasteiger partial charge in [0.2, 0.25) is 0 Å². The van der Waals surface area contributed by atoms with Gasteiger partial charge in [-0.3, -0.25) is 14.9 Å². The predicted octanol–water partition coefficient (Wildman–Crippen LogP) is 4.25. The largest absolute Gasteiger partial charge is 0.481 e. The van der Waals surface area contributed by atoms with Crippen molar-refractivity contribution in [2.75, 3.05) is 5.32 Å². The summed E-state index contributed by atoms with van der Waals surface area (Å²) < 4.78 is 24.6. The summed E-state index contributed by atoms with van der Waals surface area (Å²) in [7, 11) is -2.52. The Balaban J connectivity index is 1.56. The molecule has 34 heavy (non-hydrogen) atoms. The van der Waals surface area contributed by atoms with Crippen molar-refractivity contribution in [3.63, 3.8) is 0 Å². The summed E-state index contributed by atoms with van der Waals surface area (Å²) in [6.07, 6.45) is 2.91. The molecule has 8 nitrogen and oxygen atoms in total. The van der Waals surface area contributed by atoms with Crippen LogP contribution in [-0.4, -0.2) is 35.0 Å². The van der Waals surface area contributed by atoms with Crippen molar-refractivity contribution in [3.8, 4) is 0 Å². The number of halogens is 1. The molecule has 1 aliphatic rings. The van der Waals surface area contributed by atoms with Gasteiger partial charge >= 0.3 is 5.97 Å². The molecule has 0 radical (unpaired) electrons. The molecule has 0 aliphatic heterocycles. The van der Waals surface area contributed by atoms with Gasteiger partial charge in [-0.05, 0) is 41.5 Å². The molecule has 1 amide bonds. The second-order valence-electron chi connectivity index (χ2n) is 8.69. The number of nitrogens with zero attached hydrogens (tertiary/aromatic N) is 2. The molecular weight excluding hydrogens is 498 g/mol. The molecule has 1 aromatic carbocycles. The van der Waals surface area contributed by atoms with Gasteiger partial charge in [0.25, 0.3) is 5.91 Å². The fourth-order valence-electron chi connectivity index (χ4n) is 3.78. The van der Waals surface area contributed by atoms with E-state index in [4.69, 9.17) is 16.7 Å². The summed E-state index contributed by atoms with van der Waals surface area (Å²) in [5, 5.41) is 11.9. The van der Waals surface area contributed by atoms with Crippen molar-refractivity contribution in [3.05, 3.63) is 68.9 Å². The first kappa shape index (κ1) is 24.4. The summed E-state index contributed by atoms with van der Waals surface area (Å²) in [5.41, 5.74) is 3.37. The average Bonchev–Trinajstić information content (AvgIpc) is 3.37. The highest BCUT2D eigenvalue weighted by Crippen LogP contribution is 2.49. The van der Waals surface area contributed by atoms with Gasteiger partial charge in [0.1, 0.15) is 20.7 Å². The quantitative estimate of drug-likeness (QED) is 0.362. The monoisotopic (exact) mass is 521 g/mol. The van der Waals surface area contributed by atoms with Gasteiger partial charge in [-0.2, -0.15) is 0 Å². The molecule has 2 heterocycles. The minimum Gasteiger partial charge on any atom is -0.481 e. The zero-order chi connectivity index (χ0) is 24.6. The molecule has 3 aromatic rings. The Hall–Kier alpha value is -2.69. The van der Waals surface area contributed by atoms with Gasteiger partial charge in [0.05, 0.1) is 16.9 Å². The van der Waals surface area contributed by atoms with Crippen LogP contribution in [0, 0.1) is 0 Å². The fraction of sp³-hybridized carbons (Fsp3) is 0.348. The number of carbonyl (C=O) groups is 2. The lowest BCUT2D eigenvalue weighted by molar-refractivity contribution is -0.136. The van der Waals surface area contributed by atoms with Crippen molar-refractivity contribution in [1.82, 2.24) is 9.55 Å². The normalized spacial score (nSPS) is 14.5. The molecule has 0 bridgehead atoms. The standard InChI is InChI=1S/C23H24ClN3O5S2/c1-13(2)15-9-18(21(30)26-22-25-17(10-19(28)29)20(24)33-22)27(12-15)11-14-3-5-16(6-4-14)23(7-8-23)34(31)32/h3-6,9,12-13,34H,7-8,10-11H2,1-2H3,(H,28,29)(H,25,26,30). The van der Waals surface area contributed by atoms with Crippen LogP contribution in [-0.2, 0) is 33.2 Å². The first-order valence-electron chi connectivity index (χ1n) is 10.7. The number of thiazole rings is 1. The fourth-order valence-corrected chi connectivity index (χ4v) is 5.65. The van der Waals surface area contributed by atoms with E-state index in [0.29, 0.717) is 25.1 Å². The molecule has 0 unspecified atom stereocenters. The van der Waals surface area contributed by atoms with E-state index >= 15 is 0 Å². The number of aromatic nitrogens is 2. The van der Waals surface area contributed by atoms with Crippen molar-refractivity contribution in [1.29, 1.82) is 0 Å². The maximum atomic E-state index is 13.1. The first-order chi connectivity index (χ1) is 16.1. The van der Waals surface area contributed by atoms with Crippen LogP contribution in [0.2, 0.25) is 4.34 Å². The van der Waals surface area contributed by atoms with E-state index in [2.05, 4.69) is 10.3 Å². The Bertz CT molecular complexity index is 1310. The molecule has 0 spiro atoms. The van der Waals surface area contributed by atoms with E-state index in [0.717, 1.165) is 28.0 Å². The van der Waals surface area contributed by atoms with Gasteiger partial charge < -0.3 is 9.67 Å². The molecule has 2 aromatic heterocycles. The number of rotatable bonds is 9. The first-order valence-corrected chi connectivity index (χ1v) is 13.1. The maximum absolute atomic E-state index is 13.1. The summed E-state index contributed by atoms with van der Waals surface area (Å²) in [4.78, 5) is 28.2. The SMILES string of the molecule is CC(C)c1cc(C(=O)Nc2nc(CC(=O)O)c(Cl)s2)n(Cc2ccc(C3([SH](=O)=O)CC3)cc2)c1. The molecule has 1 fully saturated rings. The number of hydrogen-bond acceptors (Lipinski definition) is 6. The molecular formula is C23H24ClN3O5S2. The lowest BCUT2D eigenvalue weighted by atomic mass is 10.1. The highest BCUT2D eigenvalue weighted by molar-refractivity contribution is 7.74. The Morgan fingerprint density at radius 1 is 1.26 bits per heavy atom. The van der Waals surface area contributed by atoms with Crippen molar-refractivity contribution in [2.24, 2.45) is 0 Å². The molecule has 180 valence electrons. The van der Waals surface area contributed by atoms with Crippen LogP contribution < -0.4 is 5.32 Å². The summed E-state index contributed by atoms with van der Waals surface area (Å²) in [6.45, 7) is 4.50. The van der Waals surface area contributed by atoms with Crippen LogP contribution in [0.15, 0.2) is 36.5 Å². The number of carboxylic acids is 1. The highest BCUT2D eigenvalue weighted by atomic mass is 35.5. The van der Waals surface area contributed by atoms with Crippen LogP contribution in [0.3, 0.4) is 0 Å². The number of aliphatic carboxylic acids is 1. The van der Waals surface area contributed by atoms with E-state index in [1.807, 2.05) is 54.9 Å². The summed E-state index contributed by atoms with van der Waals surface area (Å²) in [5.74, 6) is -1.23. The van der Waals surface area contributed by atoms with E-state index < -0.39 is 21.4 Å². The van der Waals surface area contributed by atoms with Crippen LogP contribution in [0.5, 0.6) is 0 Å². The number of hydrogen-bond donors (Lipinski definition) is 3.